The van der Waals surface area contributed by atoms with Gasteiger partial charge in [0.25, 0.3) is 0 Å². The molecule has 4 heterocycles. The third-order valence-corrected chi connectivity index (χ3v) is 4.78. The molecule has 0 radical (unpaired) electrons. The van der Waals surface area contributed by atoms with Gasteiger partial charge in [0, 0.05) is 24.8 Å². The number of ether oxygens (including phenoxy) is 5. The lowest BCUT2D eigenvalue weighted by atomic mass is 10.3. The zero-order valence-corrected chi connectivity index (χ0v) is 16.2. The lowest BCUT2D eigenvalue weighted by Crippen LogP contribution is -2.30. The van der Waals surface area contributed by atoms with E-state index in [4.69, 9.17) is 23.7 Å². The average Bonchev–Trinajstić information content (AvgIpc) is 3.05. The molecule has 0 saturated carbocycles. The summed E-state index contributed by atoms with van der Waals surface area (Å²) < 4.78 is 28.5. The maximum Gasteiger partial charge on any atom is 0.321 e. The molecule has 0 spiro atoms. The van der Waals surface area contributed by atoms with E-state index in [1.54, 1.807) is 19.4 Å². The SMILES string of the molecule is COc1cc(N2C[C@@H]3OCC(Oc4ccc(C)nc4)CO[C@H]3C2)nc(OC)n1. The number of anilines is 1. The molecule has 0 N–H and O–H groups in total. The second-order valence-electron chi connectivity index (χ2n) is 6.78. The largest absolute Gasteiger partial charge is 0.484 e. The van der Waals surface area contributed by atoms with E-state index in [0.717, 1.165) is 17.3 Å². The maximum absolute atomic E-state index is 6.08. The molecule has 0 unspecified atom stereocenters. The summed E-state index contributed by atoms with van der Waals surface area (Å²) in [6, 6.07) is 5.88. The Labute approximate surface area is 163 Å². The minimum absolute atomic E-state index is 0.0586. The minimum atomic E-state index is -0.164. The summed E-state index contributed by atoms with van der Waals surface area (Å²) in [6.07, 6.45) is 1.44. The fourth-order valence-corrected chi connectivity index (χ4v) is 3.30. The van der Waals surface area contributed by atoms with Gasteiger partial charge in [0.15, 0.2) is 0 Å². The highest BCUT2D eigenvalue weighted by Gasteiger charge is 2.38. The molecule has 2 aromatic heterocycles. The van der Waals surface area contributed by atoms with E-state index < -0.39 is 0 Å². The molecule has 2 atom stereocenters. The molecule has 9 heteroatoms. The van der Waals surface area contributed by atoms with Crippen LogP contribution in [0.25, 0.3) is 0 Å². The van der Waals surface area contributed by atoms with Crippen LogP contribution in [0.3, 0.4) is 0 Å². The number of hydrogen-bond acceptors (Lipinski definition) is 9. The van der Waals surface area contributed by atoms with Crippen LogP contribution in [0.4, 0.5) is 5.82 Å². The average molecular weight is 388 g/mol. The molecule has 2 saturated heterocycles. The van der Waals surface area contributed by atoms with Crippen molar-refractivity contribution >= 4 is 5.82 Å². The van der Waals surface area contributed by atoms with Gasteiger partial charge in [-0.15, -0.1) is 0 Å². The molecule has 2 fully saturated rings. The Morgan fingerprint density at radius 3 is 2.39 bits per heavy atom. The van der Waals surface area contributed by atoms with E-state index in [0.29, 0.717) is 32.2 Å². The summed E-state index contributed by atoms with van der Waals surface area (Å²) in [5, 5.41) is 0. The number of pyridine rings is 1. The third kappa shape index (κ3) is 4.10. The summed E-state index contributed by atoms with van der Waals surface area (Å²) in [4.78, 5) is 14.9. The number of aromatic nitrogens is 3. The first-order valence-electron chi connectivity index (χ1n) is 9.19. The summed E-state index contributed by atoms with van der Waals surface area (Å²) in [7, 11) is 3.10. The summed E-state index contributed by atoms with van der Waals surface area (Å²) >= 11 is 0. The van der Waals surface area contributed by atoms with Crippen LogP contribution in [0.2, 0.25) is 0 Å². The third-order valence-electron chi connectivity index (χ3n) is 4.78. The van der Waals surface area contributed by atoms with E-state index in [1.807, 2.05) is 19.1 Å². The molecule has 4 rings (SSSR count). The highest BCUT2D eigenvalue weighted by molar-refractivity contribution is 5.44. The minimum Gasteiger partial charge on any atom is -0.484 e. The Morgan fingerprint density at radius 1 is 1.04 bits per heavy atom. The van der Waals surface area contributed by atoms with Crippen molar-refractivity contribution in [2.75, 3.05) is 45.4 Å². The summed E-state index contributed by atoms with van der Waals surface area (Å²) in [5.74, 6) is 1.90. The van der Waals surface area contributed by atoms with E-state index in [2.05, 4.69) is 19.9 Å². The molecule has 0 bridgehead atoms. The Kier molecular flexibility index (Phi) is 5.45. The van der Waals surface area contributed by atoms with Gasteiger partial charge >= 0.3 is 6.01 Å². The normalized spacial score (nSPS) is 22.5. The Morgan fingerprint density at radius 2 is 1.79 bits per heavy atom. The topological polar surface area (TPSA) is 88.1 Å². The zero-order valence-electron chi connectivity index (χ0n) is 16.2. The smallest absolute Gasteiger partial charge is 0.321 e. The fourth-order valence-electron chi connectivity index (χ4n) is 3.30. The Balaban J connectivity index is 1.38. The second-order valence-corrected chi connectivity index (χ2v) is 6.78. The molecule has 2 aromatic rings. The molecule has 0 aliphatic carbocycles. The molecule has 2 aliphatic rings. The number of methoxy groups -OCH3 is 2. The lowest BCUT2D eigenvalue weighted by Gasteiger charge is -2.20. The first-order valence-corrected chi connectivity index (χ1v) is 9.19. The van der Waals surface area contributed by atoms with Crippen molar-refractivity contribution in [2.24, 2.45) is 0 Å². The van der Waals surface area contributed by atoms with Crippen LogP contribution in [-0.4, -0.2) is 73.8 Å². The van der Waals surface area contributed by atoms with Crippen LogP contribution in [-0.2, 0) is 9.47 Å². The van der Waals surface area contributed by atoms with Crippen LogP contribution in [0.5, 0.6) is 17.6 Å². The number of nitrogens with zero attached hydrogens (tertiary/aromatic N) is 4. The van der Waals surface area contributed by atoms with Crippen LogP contribution in [0.15, 0.2) is 24.4 Å². The standard InChI is InChI=1S/C19H24N4O5/c1-12-4-5-13(7-20-12)28-14-10-26-15-8-23(9-16(15)27-11-14)17-6-18(24-2)22-19(21-17)25-3/h4-7,14-16H,8-11H2,1-3H3/t15-,16-/m0/s1. The molecule has 0 amide bonds. The van der Waals surface area contributed by atoms with E-state index in [9.17, 15) is 0 Å². The molecular weight excluding hydrogens is 364 g/mol. The van der Waals surface area contributed by atoms with Crippen molar-refractivity contribution in [1.29, 1.82) is 0 Å². The van der Waals surface area contributed by atoms with Gasteiger partial charge < -0.3 is 28.6 Å². The van der Waals surface area contributed by atoms with Gasteiger partial charge in [0.2, 0.25) is 5.88 Å². The van der Waals surface area contributed by atoms with Gasteiger partial charge in [0.1, 0.15) is 29.9 Å². The van der Waals surface area contributed by atoms with Crippen molar-refractivity contribution in [3.8, 4) is 17.6 Å². The van der Waals surface area contributed by atoms with Crippen LogP contribution < -0.4 is 19.1 Å². The first kappa shape index (κ1) is 18.7. The van der Waals surface area contributed by atoms with Crippen LogP contribution in [0, 0.1) is 6.92 Å². The molecule has 9 nitrogen and oxygen atoms in total. The summed E-state index contributed by atoms with van der Waals surface area (Å²) in [5.41, 5.74) is 0.952. The quantitative estimate of drug-likeness (QED) is 0.751. The maximum atomic E-state index is 6.08. The number of fused-ring (bicyclic) bond motifs is 1. The molecule has 150 valence electrons. The van der Waals surface area contributed by atoms with Crippen molar-refractivity contribution in [3.05, 3.63) is 30.1 Å². The molecule has 2 aliphatic heterocycles. The van der Waals surface area contributed by atoms with Gasteiger partial charge in [-0.2, -0.15) is 9.97 Å². The Bertz CT molecular complexity index is 765. The highest BCUT2D eigenvalue weighted by atomic mass is 16.6. The molecular formula is C19H24N4O5. The Hall–Kier alpha value is -2.65. The predicted octanol–water partition coefficient (Wildman–Crippen LogP) is 1.25. The van der Waals surface area contributed by atoms with Crippen molar-refractivity contribution in [3.63, 3.8) is 0 Å². The van der Waals surface area contributed by atoms with Gasteiger partial charge in [-0.3, -0.25) is 4.98 Å². The zero-order chi connectivity index (χ0) is 19.5. The van der Waals surface area contributed by atoms with Crippen LogP contribution in [0.1, 0.15) is 5.69 Å². The van der Waals surface area contributed by atoms with Gasteiger partial charge in [-0.25, -0.2) is 0 Å². The highest BCUT2D eigenvalue weighted by Crippen LogP contribution is 2.28. The molecule has 0 aromatic carbocycles. The summed E-state index contributed by atoms with van der Waals surface area (Å²) in [6.45, 7) is 4.18. The fraction of sp³-hybridized carbons (Fsp3) is 0.526. The number of aryl methyl sites for hydroxylation is 1. The van der Waals surface area contributed by atoms with Gasteiger partial charge in [-0.05, 0) is 19.1 Å². The monoisotopic (exact) mass is 388 g/mol. The van der Waals surface area contributed by atoms with Crippen LogP contribution >= 0.6 is 0 Å². The van der Waals surface area contributed by atoms with E-state index in [1.165, 1.54) is 7.11 Å². The lowest BCUT2D eigenvalue weighted by molar-refractivity contribution is -0.00461. The van der Waals surface area contributed by atoms with E-state index in [-0.39, 0.29) is 24.3 Å². The number of hydrogen-bond donors (Lipinski definition) is 0. The number of rotatable bonds is 5. The van der Waals surface area contributed by atoms with Gasteiger partial charge in [-0.1, -0.05) is 0 Å². The van der Waals surface area contributed by atoms with Crippen molar-refractivity contribution in [1.82, 2.24) is 15.0 Å². The van der Waals surface area contributed by atoms with E-state index >= 15 is 0 Å². The predicted molar refractivity (Wildman–Crippen MR) is 100 cm³/mol. The van der Waals surface area contributed by atoms with Gasteiger partial charge in [0.05, 0.1) is 33.6 Å². The molecule has 28 heavy (non-hydrogen) atoms. The van der Waals surface area contributed by atoms with Crippen molar-refractivity contribution in [2.45, 2.75) is 25.2 Å². The first-order chi connectivity index (χ1) is 13.6. The van der Waals surface area contributed by atoms with Crippen molar-refractivity contribution < 1.29 is 23.7 Å². The second kappa shape index (κ2) is 8.15.